The number of anilines is 2. The summed E-state index contributed by atoms with van der Waals surface area (Å²) in [6, 6.07) is 9.05. The number of halogens is 2. The van der Waals surface area contributed by atoms with Crippen LogP contribution in [-0.4, -0.2) is 33.2 Å². The van der Waals surface area contributed by atoms with Crippen LogP contribution in [-0.2, 0) is 20.2 Å². The quantitative estimate of drug-likeness (QED) is 0.784. The monoisotopic (exact) mass is 440 g/mol. The zero-order chi connectivity index (χ0) is 21.6. The van der Waals surface area contributed by atoms with E-state index in [9.17, 15) is 17.6 Å². The van der Waals surface area contributed by atoms with Crippen molar-refractivity contribution in [2.75, 3.05) is 22.4 Å². The Labute approximate surface area is 174 Å². The molecule has 0 saturated heterocycles. The second-order valence-electron chi connectivity index (χ2n) is 7.95. The lowest BCUT2D eigenvalue weighted by molar-refractivity contribution is -0.122. The second-order valence-corrected chi connectivity index (χ2v) is 10.3. The molecule has 0 radical (unpaired) electrons. The van der Waals surface area contributed by atoms with E-state index in [1.807, 2.05) is 26.8 Å². The van der Waals surface area contributed by atoms with E-state index in [1.54, 1.807) is 12.1 Å². The number of rotatable bonds is 3. The number of sulfonamides is 1. The Bertz CT molecular complexity index is 1070. The lowest BCUT2D eigenvalue weighted by atomic mass is 9.86. The molecule has 0 fully saturated rings. The van der Waals surface area contributed by atoms with Gasteiger partial charge in [0.25, 0.3) is 5.91 Å². The minimum absolute atomic E-state index is 0.134. The molecule has 0 saturated carbocycles. The zero-order valence-corrected chi connectivity index (χ0v) is 18.1. The van der Waals surface area contributed by atoms with E-state index in [4.69, 9.17) is 16.3 Å². The summed E-state index contributed by atoms with van der Waals surface area (Å²) in [5.41, 5.74) is 1.44. The molecule has 6 nitrogen and oxygen atoms in total. The second kappa shape index (κ2) is 7.50. The predicted molar refractivity (Wildman–Crippen MR) is 112 cm³/mol. The third-order valence-electron chi connectivity index (χ3n) is 4.57. The average molecular weight is 441 g/mol. The van der Waals surface area contributed by atoms with Crippen molar-refractivity contribution in [2.45, 2.75) is 32.3 Å². The standard InChI is InChI=1S/C20H22ClFN2O4S/c1-20(2,3)12-5-8-17-16(9-12)24(29(4,26)27)11-18(28-17)19(25)23-13-6-7-15(22)14(21)10-13/h5-10,18H,11H2,1-4H3,(H,23,25). The molecule has 0 bridgehead atoms. The molecule has 2 aromatic carbocycles. The highest BCUT2D eigenvalue weighted by Gasteiger charge is 2.36. The molecular weight excluding hydrogens is 419 g/mol. The van der Waals surface area contributed by atoms with Gasteiger partial charge in [0, 0.05) is 5.69 Å². The van der Waals surface area contributed by atoms with Crippen LogP contribution in [0, 0.1) is 5.82 Å². The van der Waals surface area contributed by atoms with E-state index in [0.29, 0.717) is 11.4 Å². The molecular formula is C20H22ClFN2O4S. The molecule has 1 atom stereocenters. The number of ether oxygens (including phenoxy) is 1. The smallest absolute Gasteiger partial charge is 0.267 e. The lowest BCUT2D eigenvalue weighted by Crippen LogP contribution is -2.48. The number of amides is 1. The van der Waals surface area contributed by atoms with Crippen LogP contribution in [0.15, 0.2) is 36.4 Å². The van der Waals surface area contributed by atoms with Crippen LogP contribution in [0.2, 0.25) is 5.02 Å². The first kappa shape index (κ1) is 21.4. The summed E-state index contributed by atoms with van der Waals surface area (Å²) in [5.74, 6) is -0.871. The van der Waals surface area contributed by atoms with Gasteiger partial charge in [0.1, 0.15) is 11.6 Å². The van der Waals surface area contributed by atoms with Crippen molar-refractivity contribution in [3.63, 3.8) is 0 Å². The SMILES string of the molecule is CC(C)(C)c1ccc2c(c1)N(S(C)(=O)=O)CC(C(=O)Nc1ccc(F)c(Cl)c1)O2. The van der Waals surface area contributed by atoms with Gasteiger partial charge in [0.15, 0.2) is 6.10 Å². The van der Waals surface area contributed by atoms with Gasteiger partial charge in [-0.1, -0.05) is 38.4 Å². The van der Waals surface area contributed by atoms with E-state index in [2.05, 4.69) is 5.32 Å². The first-order chi connectivity index (χ1) is 13.4. The maximum atomic E-state index is 13.3. The normalized spacial score (nSPS) is 16.8. The summed E-state index contributed by atoms with van der Waals surface area (Å²) in [4.78, 5) is 12.7. The van der Waals surface area contributed by atoms with Crippen LogP contribution < -0.4 is 14.4 Å². The van der Waals surface area contributed by atoms with Crippen molar-refractivity contribution in [3.05, 3.63) is 52.8 Å². The minimum Gasteiger partial charge on any atom is -0.476 e. The van der Waals surface area contributed by atoms with Crippen LogP contribution in [0.1, 0.15) is 26.3 Å². The topological polar surface area (TPSA) is 75.7 Å². The molecule has 29 heavy (non-hydrogen) atoms. The first-order valence-corrected chi connectivity index (χ1v) is 11.1. The summed E-state index contributed by atoms with van der Waals surface area (Å²) < 4.78 is 45.1. The summed E-state index contributed by atoms with van der Waals surface area (Å²) in [6.45, 7) is 5.88. The highest BCUT2D eigenvalue weighted by molar-refractivity contribution is 7.92. The Morgan fingerprint density at radius 3 is 2.52 bits per heavy atom. The lowest BCUT2D eigenvalue weighted by Gasteiger charge is -2.35. The summed E-state index contributed by atoms with van der Waals surface area (Å²) in [7, 11) is -3.65. The fraction of sp³-hybridized carbons (Fsp3) is 0.350. The molecule has 156 valence electrons. The largest absolute Gasteiger partial charge is 0.476 e. The van der Waals surface area contributed by atoms with E-state index in [0.717, 1.165) is 17.9 Å². The average Bonchev–Trinajstić information content (AvgIpc) is 2.61. The van der Waals surface area contributed by atoms with Gasteiger partial charge in [0.05, 0.1) is 23.5 Å². The maximum absolute atomic E-state index is 13.3. The fourth-order valence-corrected chi connectivity index (χ4v) is 4.05. The van der Waals surface area contributed by atoms with Gasteiger partial charge in [-0.05, 0) is 41.3 Å². The van der Waals surface area contributed by atoms with Crippen LogP contribution in [0.3, 0.4) is 0 Å². The molecule has 9 heteroatoms. The molecule has 1 heterocycles. The number of benzene rings is 2. The predicted octanol–water partition coefficient (Wildman–Crippen LogP) is 3.94. The molecule has 0 aliphatic carbocycles. The number of nitrogens with one attached hydrogen (secondary N) is 1. The Kier molecular flexibility index (Phi) is 5.53. The number of carbonyl (C=O) groups excluding carboxylic acids is 1. The third kappa shape index (κ3) is 4.64. The third-order valence-corrected chi connectivity index (χ3v) is 6.01. The van der Waals surface area contributed by atoms with Crippen molar-refractivity contribution in [2.24, 2.45) is 0 Å². The van der Waals surface area contributed by atoms with Crippen molar-refractivity contribution >= 4 is 38.9 Å². The van der Waals surface area contributed by atoms with Gasteiger partial charge in [0.2, 0.25) is 10.0 Å². The number of nitrogens with zero attached hydrogens (tertiary/aromatic N) is 1. The first-order valence-electron chi connectivity index (χ1n) is 8.91. The van der Waals surface area contributed by atoms with Crippen LogP contribution >= 0.6 is 11.6 Å². The Hall–Kier alpha value is -2.32. The maximum Gasteiger partial charge on any atom is 0.267 e. The molecule has 1 amide bonds. The molecule has 3 rings (SSSR count). The molecule has 0 spiro atoms. The molecule has 1 aliphatic rings. The Morgan fingerprint density at radius 1 is 1.24 bits per heavy atom. The van der Waals surface area contributed by atoms with Crippen LogP contribution in [0.5, 0.6) is 5.75 Å². The van der Waals surface area contributed by atoms with Gasteiger partial charge in [-0.2, -0.15) is 0 Å². The molecule has 1 aliphatic heterocycles. The molecule has 0 aromatic heterocycles. The van der Waals surface area contributed by atoms with Gasteiger partial charge in [-0.15, -0.1) is 0 Å². The molecule has 2 aromatic rings. The highest BCUT2D eigenvalue weighted by atomic mass is 35.5. The summed E-state index contributed by atoms with van der Waals surface area (Å²) >= 11 is 5.74. The van der Waals surface area contributed by atoms with Crippen LogP contribution in [0.4, 0.5) is 15.8 Å². The van der Waals surface area contributed by atoms with E-state index < -0.39 is 27.9 Å². The number of fused-ring (bicyclic) bond motifs is 1. The number of carbonyl (C=O) groups is 1. The van der Waals surface area contributed by atoms with E-state index in [-0.39, 0.29) is 22.7 Å². The summed E-state index contributed by atoms with van der Waals surface area (Å²) in [5, 5.41) is 2.45. The zero-order valence-electron chi connectivity index (χ0n) is 16.5. The minimum atomic E-state index is -3.65. The Morgan fingerprint density at radius 2 is 1.93 bits per heavy atom. The highest BCUT2D eigenvalue weighted by Crippen LogP contribution is 2.38. The van der Waals surface area contributed by atoms with E-state index >= 15 is 0 Å². The number of hydrogen-bond donors (Lipinski definition) is 1. The van der Waals surface area contributed by atoms with Crippen molar-refractivity contribution < 1.29 is 22.3 Å². The van der Waals surface area contributed by atoms with Crippen molar-refractivity contribution in [3.8, 4) is 5.75 Å². The van der Waals surface area contributed by atoms with Crippen molar-refractivity contribution in [1.82, 2.24) is 0 Å². The van der Waals surface area contributed by atoms with Gasteiger partial charge >= 0.3 is 0 Å². The van der Waals surface area contributed by atoms with Crippen molar-refractivity contribution in [1.29, 1.82) is 0 Å². The summed E-state index contributed by atoms with van der Waals surface area (Å²) in [6.07, 6.45) is 0.00199. The fourth-order valence-electron chi connectivity index (χ4n) is 2.97. The van der Waals surface area contributed by atoms with Gasteiger partial charge in [-0.3, -0.25) is 9.10 Å². The van der Waals surface area contributed by atoms with E-state index in [1.165, 1.54) is 16.4 Å². The number of hydrogen-bond acceptors (Lipinski definition) is 4. The van der Waals surface area contributed by atoms with Gasteiger partial charge < -0.3 is 10.1 Å². The van der Waals surface area contributed by atoms with Crippen LogP contribution in [0.25, 0.3) is 0 Å². The Balaban J connectivity index is 1.92. The van der Waals surface area contributed by atoms with Gasteiger partial charge in [-0.25, -0.2) is 12.8 Å². The molecule has 1 N–H and O–H groups in total. The molecule has 1 unspecified atom stereocenters.